The van der Waals surface area contributed by atoms with Gasteiger partial charge in [0, 0.05) is 13.1 Å². The van der Waals surface area contributed by atoms with Crippen molar-refractivity contribution in [2.24, 2.45) is 11.8 Å². The molecular formula is C13H14BrN3O4. The number of halogens is 1. The molecule has 1 atom stereocenters. The van der Waals surface area contributed by atoms with Crippen LogP contribution in [0.25, 0.3) is 11.7 Å². The van der Waals surface area contributed by atoms with Crippen LogP contribution >= 0.6 is 15.9 Å². The number of hydrogen-bond acceptors (Lipinski definition) is 6. The van der Waals surface area contributed by atoms with Crippen molar-refractivity contribution in [1.82, 2.24) is 15.1 Å². The fraction of sp³-hybridized carbons (Fsp3) is 0.462. The number of hydrogen-bond donors (Lipinski definition) is 1. The van der Waals surface area contributed by atoms with E-state index in [4.69, 9.17) is 13.9 Å². The Kier molecular flexibility index (Phi) is 3.81. The molecular weight excluding hydrogens is 342 g/mol. The molecule has 21 heavy (non-hydrogen) atoms. The van der Waals surface area contributed by atoms with Crippen molar-refractivity contribution in [3.63, 3.8) is 0 Å². The van der Waals surface area contributed by atoms with E-state index in [1.54, 1.807) is 19.1 Å². The van der Waals surface area contributed by atoms with Crippen molar-refractivity contribution in [2.45, 2.75) is 13.5 Å². The summed E-state index contributed by atoms with van der Waals surface area (Å²) in [5.74, 6) is 0.473. The summed E-state index contributed by atoms with van der Waals surface area (Å²) in [7, 11) is 0. The molecule has 1 aliphatic heterocycles. The summed E-state index contributed by atoms with van der Waals surface area (Å²) in [6, 6.07) is 3.50. The first kappa shape index (κ1) is 14.3. The Labute approximate surface area is 129 Å². The van der Waals surface area contributed by atoms with E-state index in [0.29, 0.717) is 28.8 Å². The zero-order valence-corrected chi connectivity index (χ0v) is 12.9. The molecule has 112 valence electrons. The van der Waals surface area contributed by atoms with E-state index in [1.165, 1.54) is 0 Å². The van der Waals surface area contributed by atoms with E-state index in [1.807, 2.05) is 0 Å². The molecule has 0 amide bonds. The zero-order chi connectivity index (χ0) is 15.0. The Hall–Kier alpha value is -1.67. The molecule has 0 saturated carbocycles. The normalized spacial score (nSPS) is 17.6. The first-order chi connectivity index (χ1) is 10.0. The van der Waals surface area contributed by atoms with Crippen LogP contribution in [-0.4, -0.2) is 39.3 Å². The van der Waals surface area contributed by atoms with Crippen molar-refractivity contribution in [1.29, 1.82) is 0 Å². The Balaban J connectivity index is 1.56. The molecule has 3 rings (SSSR count). The highest BCUT2D eigenvalue weighted by molar-refractivity contribution is 9.10. The fourth-order valence-electron chi connectivity index (χ4n) is 2.29. The molecule has 0 radical (unpaired) electrons. The molecule has 1 saturated heterocycles. The standard InChI is InChI=1S/C13H14BrN3O4/c1-7(13(18)19)8-4-17(5-8)6-11-15-16-12(21-11)9-2-3-10(14)20-9/h2-3,7-8H,4-6H2,1H3,(H,18,19). The minimum absolute atomic E-state index is 0.186. The third-order valence-electron chi connectivity index (χ3n) is 3.69. The van der Waals surface area contributed by atoms with Gasteiger partial charge >= 0.3 is 5.97 Å². The number of carboxylic acids is 1. The van der Waals surface area contributed by atoms with Crippen LogP contribution in [0.15, 0.2) is 25.6 Å². The van der Waals surface area contributed by atoms with Gasteiger partial charge in [-0.05, 0) is 34.0 Å². The lowest BCUT2D eigenvalue weighted by atomic mass is 9.87. The maximum atomic E-state index is 10.9. The number of nitrogens with zero attached hydrogens (tertiary/aromatic N) is 3. The Bertz CT molecular complexity index is 647. The van der Waals surface area contributed by atoms with Gasteiger partial charge in [-0.15, -0.1) is 10.2 Å². The van der Waals surface area contributed by atoms with Crippen LogP contribution in [0.2, 0.25) is 0 Å². The maximum absolute atomic E-state index is 10.9. The maximum Gasteiger partial charge on any atom is 0.306 e. The lowest BCUT2D eigenvalue weighted by Crippen LogP contribution is -2.50. The molecule has 2 aromatic rings. The van der Waals surface area contributed by atoms with Gasteiger partial charge in [0.1, 0.15) is 0 Å². The topological polar surface area (TPSA) is 92.6 Å². The molecule has 7 nitrogen and oxygen atoms in total. The second-order valence-electron chi connectivity index (χ2n) is 5.19. The summed E-state index contributed by atoms with van der Waals surface area (Å²) in [4.78, 5) is 13.0. The van der Waals surface area contributed by atoms with Gasteiger partial charge in [0.05, 0.1) is 12.5 Å². The number of aliphatic carboxylic acids is 1. The Morgan fingerprint density at radius 3 is 2.86 bits per heavy atom. The quantitative estimate of drug-likeness (QED) is 0.878. The minimum Gasteiger partial charge on any atom is -0.481 e. The molecule has 1 fully saturated rings. The van der Waals surface area contributed by atoms with Crippen molar-refractivity contribution >= 4 is 21.9 Å². The highest BCUT2D eigenvalue weighted by Crippen LogP contribution is 2.27. The number of likely N-dealkylation sites (tertiary alicyclic amines) is 1. The Morgan fingerprint density at radius 1 is 1.48 bits per heavy atom. The molecule has 1 aliphatic rings. The monoisotopic (exact) mass is 355 g/mol. The van der Waals surface area contributed by atoms with Crippen LogP contribution in [0.3, 0.4) is 0 Å². The number of aromatic nitrogens is 2. The third-order valence-corrected chi connectivity index (χ3v) is 4.12. The van der Waals surface area contributed by atoms with Crippen LogP contribution in [-0.2, 0) is 11.3 Å². The summed E-state index contributed by atoms with van der Waals surface area (Å²) >= 11 is 3.22. The smallest absolute Gasteiger partial charge is 0.306 e. The SMILES string of the molecule is CC(C(=O)O)C1CN(Cc2nnc(-c3ccc(Br)o3)o2)C1. The molecule has 1 unspecified atom stereocenters. The van der Waals surface area contributed by atoms with Gasteiger partial charge in [-0.2, -0.15) is 0 Å². The highest BCUT2D eigenvalue weighted by atomic mass is 79.9. The molecule has 0 aromatic carbocycles. The van der Waals surface area contributed by atoms with E-state index in [-0.39, 0.29) is 11.8 Å². The number of rotatable bonds is 5. The number of carboxylic acid groups (broad SMARTS) is 1. The zero-order valence-electron chi connectivity index (χ0n) is 11.3. The molecule has 0 bridgehead atoms. The summed E-state index contributed by atoms with van der Waals surface area (Å²) in [5.41, 5.74) is 0. The first-order valence-electron chi connectivity index (χ1n) is 6.56. The van der Waals surface area contributed by atoms with Gasteiger partial charge in [-0.1, -0.05) is 6.92 Å². The van der Waals surface area contributed by atoms with Crippen LogP contribution < -0.4 is 0 Å². The largest absolute Gasteiger partial charge is 0.481 e. The Morgan fingerprint density at radius 2 is 2.24 bits per heavy atom. The molecule has 0 spiro atoms. The summed E-state index contributed by atoms with van der Waals surface area (Å²) in [5, 5.41) is 16.9. The van der Waals surface area contributed by atoms with Crippen LogP contribution in [0, 0.1) is 11.8 Å². The lowest BCUT2D eigenvalue weighted by Gasteiger charge is -2.40. The molecule has 3 heterocycles. The van der Waals surface area contributed by atoms with Crippen molar-refractivity contribution in [2.75, 3.05) is 13.1 Å². The van der Waals surface area contributed by atoms with E-state index in [2.05, 4.69) is 31.0 Å². The average Bonchev–Trinajstić information content (AvgIpc) is 3.01. The second-order valence-corrected chi connectivity index (χ2v) is 5.97. The lowest BCUT2D eigenvalue weighted by molar-refractivity contribution is -0.145. The van der Waals surface area contributed by atoms with Gasteiger partial charge < -0.3 is 13.9 Å². The minimum atomic E-state index is -0.747. The predicted octanol–water partition coefficient (Wildman–Crippen LogP) is 2.24. The molecule has 1 N–H and O–H groups in total. The second kappa shape index (κ2) is 5.61. The third kappa shape index (κ3) is 3.01. The predicted molar refractivity (Wildman–Crippen MR) is 75.3 cm³/mol. The molecule has 2 aromatic heterocycles. The molecule has 8 heteroatoms. The van der Waals surface area contributed by atoms with Crippen molar-refractivity contribution < 1.29 is 18.7 Å². The van der Waals surface area contributed by atoms with Gasteiger partial charge in [0.15, 0.2) is 10.4 Å². The van der Waals surface area contributed by atoms with Gasteiger partial charge in [-0.3, -0.25) is 9.69 Å². The average molecular weight is 356 g/mol. The highest BCUT2D eigenvalue weighted by Gasteiger charge is 2.35. The van der Waals surface area contributed by atoms with E-state index in [0.717, 1.165) is 13.1 Å². The first-order valence-corrected chi connectivity index (χ1v) is 7.35. The fourth-order valence-corrected chi connectivity index (χ4v) is 2.60. The van der Waals surface area contributed by atoms with E-state index >= 15 is 0 Å². The summed E-state index contributed by atoms with van der Waals surface area (Å²) in [6.45, 7) is 3.73. The van der Waals surface area contributed by atoms with Gasteiger partial charge in [0.25, 0.3) is 5.89 Å². The van der Waals surface area contributed by atoms with Crippen molar-refractivity contribution in [3.05, 3.63) is 22.7 Å². The van der Waals surface area contributed by atoms with Crippen LogP contribution in [0.4, 0.5) is 0 Å². The van der Waals surface area contributed by atoms with Crippen LogP contribution in [0.5, 0.6) is 0 Å². The van der Waals surface area contributed by atoms with Crippen LogP contribution in [0.1, 0.15) is 12.8 Å². The van der Waals surface area contributed by atoms with Gasteiger partial charge in [0.2, 0.25) is 5.89 Å². The number of carbonyl (C=O) groups is 1. The molecule has 0 aliphatic carbocycles. The van der Waals surface area contributed by atoms with E-state index < -0.39 is 5.97 Å². The number of furan rings is 1. The van der Waals surface area contributed by atoms with Crippen molar-refractivity contribution in [3.8, 4) is 11.7 Å². The summed E-state index contributed by atoms with van der Waals surface area (Å²) in [6.07, 6.45) is 0. The van der Waals surface area contributed by atoms with Gasteiger partial charge in [-0.25, -0.2) is 0 Å². The van der Waals surface area contributed by atoms with E-state index in [9.17, 15) is 4.79 Å². The summed E-state index contributed by atoms with van der Waals surface area (Å²) < 4.78 is 11.5.